The highest BCUT2D eigenvalue weighted by atomic mass is 15.3. The summed E-state index contributed by atoms with van der Waals surface area (Å²) < 4.78 is 1.78. The third kappa shape index (κ3) is 3.59. The minimum Gasteiger partial charge on any atom is -0.352 e. The summed E-state index contributed by atoms with van der Waals surface area (Å²) in [6, 6.07) is 6.02. The van der Waals surface area contributed by atoms with Gasteiger partial charge < -0.3 is 10.2 Å². The number of rotatable bonds is 3. The Bertz CT molecular complexity index is 745. The van der Waals surface area contributed by atoms with Crippen LogP contribution in [0.15, 0.2) is 41.8 Å². The number of hydrogen-bond donors (Lipinski definition) is 1. The molecule has 6 heteroatoms. The molecule has 1 saturated carbocycles. The Morgan fingerprint density at radius 3 is 2.88 bits per heavy atom. The van der Waals surface area contributed by atoms with Gasteiger partial charge in [0.1, 0.15) is 0 Å². The number of pyridine rings is 1. The monoisotopic (exact) mass is 352 g/mol. The van der Waals surface area contributed by atoms with Gasteiger partial charge in [-0.3, -0.25) is 4.99 Å². The predicted molar refractivity (Wildman–Crippen MR) is 103 cm³/mol. The number of nitrogens with one attached hydrogen (secondary N) is 1. The molecule has 0 aromatic carbocycles. The van der Waals surface area contributed by atoms with Crippen LogP contribution in [0.4, 0.5) is 0 Å². The van der Waals surface area contributed by atoms with Gasteiger partial charge in [0.15, 0.2) is 11.8 Å². The molecule has 0 amide bonds. The molecule has 2 aromatic heterocycles. The Hall–Kier alpha value is -2.37. The number of aromatic nitrogens is 3. The summed E-state index contributed by atoms with van der Waals surface area (Å²) in [6.07, 6.45) is 13.8. The van der Waals surface area contributed by atoms with Crippen LogP contribution in [0.3, 0.4) is 0 Å². The fraction of sp³-hybridized carbons (Fsp3) is 0.550. The Kier molecular flexibility index (Phi) is 4.91. The summed E-state index contributed by atoms with van der Waals surface area (Å²) in [5, 5.41) is 7.79. The van der Waals surface area contributed by atoms with E-state index in [0.717, 1.165) is 31.4 Å². The van der Waals surface area contributed by atoms with Crippen molar-refractivity contribution in [3.63, 3.8) is 0 Å². The van der Waals surface area contributed by atoms with Crippen LogP contribution in [-0.4, -0.2) is 45.8 Å². The number of guanidine groups is 1. The van der Waals surface area contributed by atoms with E-state index in [9.17, 15) is 0 Å². The first kappa shape index (κ1) is 17.1. The van der Waals surface area contributed by atoms with E-state index in [4.69, 9.17) is 0 Å². The molecule has 1 saturated heterocycles. The molecule has 2 aromatic rings. The number of aliphatic imine (C=N–C) groups is 1. The second-order valence-electron chi connectivity index (χ2n) is 7.61. The molecular weight excluding hydrogens is 324 g/mol. The zero-order valence-corrected chi connectivity index (χ0v) is 15.6. The maximum atomic E-state index is 4.53. The molecule has 6 nitrogen and oxygen atoms in total. The molecule has 4 rings (SSSR count). The minimum absolute atomic E-state index is 0.541. The highest BCUT2D eigenvalue weighted by molar-refractivity contribution is 5.80. The molecule has 1 N–H and O–H groups in total. The summed E-state index contributed by atoms with van der Waals surface area (Å²) >= 11 is 0. The van der Waals surface area contributed by atoms with E-state index in [1.807, 2.05) is 31.6 Å². The number of hydrogen-bond acceptors (Lipinski definition) is 3. The fourth-order valence-electron chi connectivity index (χ4n) is 4.44. The Morgan fingerprint density at radius 1 is 1.23 bits per heavy atom. The normalized spacial score (nSPS) is 19.9. The number of nitrogens with zero attached hydrogens (tertiary/aromatic N) is 5. The van der Waals surface area contributed by atoms with Crippen molar-refractivity contribution in [1.29, 1.82) is 0 Å². The maximum absolute atomic E-state index is 4.53. The van der Waals surface area contributed by atoms with Gasteiger partial charge in [-0.1, -0.05) is 19.3 Å². The molecule has 0 atom stereocenters. The Balaban J connectivity index is 1.38. The summed E-state index contributed by atoms with van der Waals surface area (Å²) in [4.78, 5) is 11.4. The van der Waals surface area contributed by atoms with Crippen molar-refractivity contribution < 1.29 is 0 Å². The molecule has 138 valence electrons. The van der Waals surface area contributed by atoms with Crippen molar-refractivity contribution in [2.45, 2.75) is 45.1 Å². The van der Waals surface area contributed by atoms with E-state index in [-0.39, 0.29) is 0 Å². The minimum atomic E-state index is 0.541. The topological polar surface area (TPSA) is 58.3 Å². The van der Waals surface area contributed by atoms with Gasteiger partial charge in [0.2, 0.25) is 0 Å². The lowest BCUT2D eigenvalue weighted by Gasteiger charge is -2.33. The quantitative estimate of drug-likeness (QED) is 0.681. The second kappa shape index (κ2) is 7.48. The van der Waals surface area contributed by atoms with E-state index >= 15 is 0 Å². The first-order chi connectivity index (χ1) is 12.8. The van der Waals surface area contributed by atoms with Crippen molar-refractivity contribution >= 4 is 5.96 Å². The fourth-order valence-corrected chi connectivity index (χ4v) is 4.44. The summed E-state index contributed by atoms with van der Waals surface area (Å²) in [5.41, 5.74) is 1.72. The molecule has 0 radical (unpaired) electrons. The molecule has 26 heavy (non-hydrogen) atoms. The molecule has 1 spiro atoms. The Labute approximate surface area is 155 Å². The molecule has 3 heterocycles. The third-order valence-corrected chi connectivity index (χ3v) is 5.86. The van der Waals surface area contributed by atoms with Crippen LogP contribution in [0.25, 0.3) is 5.82 Å². The van der Waals surface area contributed by atoms with Crippen molar-refractivity contribution in [1.82, 2.24) is 25.0 Å². The average Bonchev–Trinajstić information content (AvgIpc) is 3.34. The molecule has 1 aliphatic carbocycles. The van der Waals surface area contributed by atoms with Gasteiger partial charge in [-0.25, -0.2) is 9.67 Å². The lowest BCUT2D eigenvalue weighted by Crippen LogP contribution is -2.41. The van der Waals surface area contributed by atoms with Gasteiger partial charge >= 0.3 is 0 Å². The largest absolute Gasteiger partial charge is 0.352 e. The van der Waals surface area contributed by atoms with Crippen LogP contribution in [-0.2, 0) is 6.54 Å². The lowest BCUT2D eigenvalue weighted by molar-refractivity contribution is 0.203. The zero-order valence-electron chi connectivity index (χ0n) is 15.6. The number of likely N-dealkylation sites (tertiary alicyclic amines) is 1. The lowest BCUT2D eigenvalue weighted by atomic mass is 9.73. The van der Waals surface area contributed by atoms with E-state index in [1.54, 1.807) is 10.9 Å². The van der Waals surface area contributed by atoms with Gasteiger partial charge in [-0.15, -0.1) is 0 Å². The van der Waals surface area contributed by atoms with Crippen LogP contribution >= 0.6 is 0 Å². The molecular formula is C20H28N6. The van der Waals surface area contributed by atoms with Crippen LogP contribution in [0.5, 0.6) is 0 Å². The molecule has 2 fully saturated rings. The van der Waals surface area contributed by atoms with Crippen LogP contribution in [0, 0.1) is 5.41 Å². The van der Waals surface area contributed by atoms with Gasteiger partial charge in [-0.2, -0.15) is 5.10 Å². The van der Waals surface area contributed by atoms with Gasteiger partial charge in [0.05, 0.1) is 0 Å². The molecule has 1 aliphatic heterocycles. The first-order valence-electron chi connectivity index (χ1n) is 9.69. The zero-order chi connectivity index (χ0) is 17.8. The Morgan fingerprint density at radius 2 is 2.12 bits per heavy atom. The van der Waals surface area contributed by atoms with Gasteiger partial charge in [0, 0.05) is 45.3 Å². The predicted octanol–water partition coefficient (Wildman–Crippen LogP) is 3.00. The standard InChI is InChI=1S/C20H28N6/c1-21-19(25-13-9-20(16-25)7-3-2-4-8-20)23-15-17-6-11-22-18(14-17)26-12-5-10-24-26/h5-6,10-12,14H,2-4,7-9,13,15-16H2,1H3,(H,21,23). The van der Waals surface area contributed by atoms with E-state index in [1.165, 1.54) is 44.1 Å². The van der Waals surface area contributed by atoms with Crippen molar-refractivity contribution in [2.24, 2.45) is 10.4 Å². The molecule has 2 aliphatic rings. The average molecular weight is 352 g/mol. The highest BCUT2D eigenvalue weighted by Gasteiger charge is 2.39. The highest BCUT2D eigenvalue weighted by Crippen LogP contribution is 2.43. The van der Waals surface area contributed by atoms with Crippen LogP contribution in [0.2, 0.25) is 0 Å². The second-order valence-corrected chi connectivity index (χ2v) is 7.61. The van der Waals surface area contributed by atoms with Gasteiger partial charge in [-0.05, 0) is 48.4 Å². The van der Waals surface area contributed by atoms with Gasteiger partial charge in [0.25, 0.3) is 0 Å². The maximum Gasteiger partial charge on any atom is 0.193 e. The van der Waals surface area contributed by atoms with Crippen molar-refractivity contribution in [2.75, 3.05) is 20.1 Å². The molecule has 0 unspecified atom stereocenters. The summed E-state index contributed by atoms with van der Waals surface area (Å²) in [5.74, 6) is 1.86. The van der Waals surface area contributed by atoms with Crippen LogP contribution in [0.1, 0.15) is 44.1 Å². The van der Waals surface area contributed by atoms with Crippen molar-refractivity contribution in [3.05, 3.63) is 42.4 Å². The third-order valence-electron chi connectivity index (χ3n) is 5.86. The van der Waals surface area contributed by atoms with E-state index in [2.05, 4.69) is 31.4 Å². The van der Waals surface area contributed by atoms with Crippen LogP contribution < -0.4 is 5.32 Å². The SMILES string of the molecule is CN=C(NCc1ccnc(-n2cccn2)c1)N1CCC2(CCCCC2)C1. The van der Waals surface area contributed by atoms with E-state index in [0.29, 0.717) is 5.41 Å². The summed E-state index contributed by atoms with van der Waals surface area (Å²) in [7, 11) is 1.88. The summed E-state index contributed by atoms with van der Waals surface area (Å²) in [6.45, 7) is 3.02. The smallest absolute Gasteiger partial charge is 0.193 e. The first-order valence-corrected chi connectivity index (χ1v) is 9.69. The van der Waals surface area contributed by atoms with Crippen molar-refractivity contribution in [3.8, 4) is 5.82 Å². The van der Waals surface area contributed by atoms with E-state index < -0.39 is 0 Å². The molecule has 0 bridgehead atoms.